The fourth-order valence-electron chi connectivity index (χ4n) is 1.94. The van der Waals surface area contributed by atoms with Crippen LogP contribution in [0, 0.1) is 0 Å². The van der Waals surface area contributed by atoms with Crippen LogP contribution in [-0.2, 0) is 0 Å². The summed E-state index contributed by atoms with van der Waals surface area (Å²) in [5.74, 6) is 1.95. The van der Waals surface area contributed by atoms with E-state index in [1.807, 2.05) is 0 Å². The molecule has 0 amide bonds. The van der Waals surface area contributed by atoms with Crippen LogP contribution in [0.2, 0.25) is 0 Å². The maximum Gasteiger partial charge on any atom is 0.169 e. The van der Waals surface area contributed by atoms with Crippen molar-refractivity contribution in [2.75, 3.05) is 0 Å². The van der Waals surface area contributed by atoms with Crippen LogP contribution in [0.4, 0.5) is 0 Å². The second-order valence-corrected chi connectivity index (χ2v) is 4.82. The third-order valence-electron chi connectivity index (χ3n) is 3.07. The molecule has 3 rings (SSSR count). The third kappa shape index (κ3) is 3.65. The van der Waals surface area contributed by atoms with Gasteiger partial charge in [0, 0.05) is 6.07 Å². The van der Waals surface area contributed by atoms with Crippen molar-refractivity contribution in [1.82, 2.24) is 0 Å². The molecule has 0 atom stereocenters. The predicted molar refractivity (Wildman–Crippen MR) is 84.5 cm³/mol. The fraction of sp³-hybridized carbons (Fsp3) is 0. The number of aromatic hydroxyl groups is 3. The molecule has 3 N–H and O–H groups in total. The molecule has 0 spiro atoms. The van der Waals surface area contributed by atoms with E-state index >= 15 is 0 Å². The average Bonchev–Trinajstić information content (AvgIpc) is 2.54. The zero-order chi connectivity index (χ0) is 16.2. The maximum atomic E-state index is 10.0. The van der Waals surface area contributed by atoms with Crippen molar-refractivity contribution in [3.05, 3.63) is 66.7 Å². The van der Waals surface area contributed by atoms with Gasteiger partial charge in [-0.15, -0.1) is 0 Å². The van der Waals surface area contributed by atoms with Crippen LogP contribution in [0.5, 0.6) is 40.2 Å². The summed E-state index contributed by atoms with van der Waals surface area (Å²) in [6, 6.07) is 17.1. The molecule has 0 heterocycles. The Balaban J connectivity index is 1.75. The number of benzene rings is 3. The minimum Gasteiger partial charge on any atom is -0.508 e. The van der Waals surface area contributed by atoms with Crippen LogP contribution < -0.4 is 9.47 Å². The molecule has 0 unspecified atom stereocenters. The highest BCUT2D eigenvalue weighted by atomic mass is 16.5. The van der Waals surface area contributed by atoms with Crippen LogP contribution >= 0.6 is 0 Å². The summed E-state index contributed by atoms with van der Waals surface area (Å²) in [6.07, 6.45) is 0. The molecule has 0 aliphatic carbocycles. The van der Waals surface area contributed by atoms with Crippen LogP contribution in [0.3, 0.4) is 0 Å². The van der Waals surface area contributed by atoms with Gasteiger partial charge < -0.3 is 24.8 Å². The van der Waals surface area contributed by atoms with E-state index in [4.69, 9.17) is 9.47 Å². The lowest BCUT2D eigenvalue weighted by Gasteiger charge is -2.10. The quantitative estimate of drug-likeness (QED) is 0.666. The van der Waals surface area contributed by atoms with E-state index in [1.54, 1.807) is 36.4 Å². The van der Waals surface area contributed by atoms with Crippen molar-refractivity contribution in [2.45, 2.75) is 0 Å². The van der Waals surface area contributed by atoms with Crippen molar-refractivity contribution >= 4 is 0 Å². The summed E-state index contributed by atoms with van der Waals surface area (Å²) in [5.41, 5.74) is 0. The molecule has 23 heavy (non-hydrogen) atoms. The van der Waals surface area contributed by atoms with Crippen LogP contribution in [-0.4, -0.2) is 15.3 Å². The van der Waals surface area contributed by atoms with Crippen LogP contribution in [0.15, 0.2) is 66.7 Å². The molecule has 0 aromatic heterocycles. The van der Waals surface area contributed by atoms with Gasteiger partial charge in [-0.3, -0.25) is 0 Å². The molecule has 0 bridgehead atoms. The van der Waals surface area contributed by atoms with Gasteiger partial charge in [-0.2, -0.15) is 0 Å². The first-order chi connectivity index (χ1) is 11.1. The van der Waals surface area contributed by atoms with E-state index in [9.17, 15) is 15.3 Å². The second kappa shape index (κ2) is 6.19. The predicted octanol–water partition coefficient (Wildman–Crippen LogP) is 4.39. The first-order valence-corrected chi connectivity index (χ1v) is 6.87. The van der Waals surface area contributed by atoms with Gasteiger partial charge >= 0.3 is 0 Å². The molecule has 5 heteroatoms. The number of phenolic OH excluding ortho intramolecular Hbond substituents is 3. The molecule has 3 aromatic rings. The number of hydrogen-bond acceptors (Lipinski definition) is 5. The molecule has 0 radical (unpaired) electrons. The Kier molecular flexibility index (Phi) is 3.93. The van der Waals surface area contributed by atoms with Gasteiger partial charge in [-0.1, -0.05) is 0 Å². The lowest BCUT2D eigenvalue weighted by Crippen LogP contribution is -1.87. The van der Waals surface area contributed by atoms with Crippen LogP contribution in [0.1, 0.15) is 0 Å². The monoisotopic (exact) mass is 310 g/mol. The Morgan fingerprint density at radius 2 is 1.00 bits per heavy atom. The first-order valence-electron chi connectivity index (χ1n) is 6.87. The zero-order valence-corrected chi connectivity index (χ0v) is 12.0. The molecule has 0 saturated carbocycles. The molecule has 0 aliphatic heterocycles. The number of rotatable bonds is 4. The molecule has 0 aliphatic rings. The summed E-state index contributed by atoms with van der Waals surface area (Å²) in [5, 5.41) is 28.5. The lowest BCUT2D eigenvalue weighted by molar-refractivity contribution is 0.404. The van der Waals surface area contributed by atoms with E-state index in [0.29, 0.717) is 17.2 Å². The van der Waals surface area contributed by atoms with Gasteiger partial charge in [0.15, 0.2) is 11.5 Å². The summed E-state index contributed by atoms with van der Waals surface area (Å²) >= 11 is 0. The van der Waals surface area contributed by atoms with Crippen molar-refractivity contribution in [3.8, 4) is 40.2 Å². The standard InChI is InChI=1S/C18H14O5/c19-12-1-5-14(6-2-12)22-16-9-10-18(17(21)11-16)23-15-7-3-13(20)4-8-15/h1-11,19-21H. The SMILES string of the molecule is Oc1ccc(Oc2ccc(Oc3ccc(O)cc3)c(O)c2)cc1. The minimum absolute atomic E-state index is 0.0747. The second-order valence-electron chi connectivity index (χ2n) is 4.82. The molecule has 0 fully saturated rings. The molecule has 3 aromatic carbocycles. The van der Waals surface area contributed by atoms with Crippen molar-refractivity contribution in [3.63, 3.8) is 0 Å². The highest BCUT2D eigenvalue weighted by Crippen LogP contribution is 2.35. The van der Waals surface area contributed by atoms with E-state index < -0.39 is 0 Å². The largest absolute Gasteiger partial charge is 0.508 e. The molecular formula is C18H14O5. The van der Waals surface area contributed by atoms with Crippen molar-refractivity contribution in [2.24, 2.45) is 0 Å². The topological polar surface area (TPSA) is 79.2 Å². The maximum absolute atomic E-state index is 10.0. The molecule has 116 valence electrons. The van der Waals surface area contributed by atoms with Gasteiger partial charge in [0.25, 0.3) is 0 Å². The summed E-state index contributed by atoms with van der Waals surface area (Å²) in [6.45, 7) is 0. The van der Waals surface area contributed by atoms with Crippen LogP contribution in [0.25, 0.3) is 0 Å². The van der Waals surface area contributed by atoms with Gasteiger partial charge in [-0.25, -0.2) is 0 Å². The molecule has 0 saturated heterocycles. The Labute approximate surface area is 132 Å². The zero-order valence-electron chi connectivity index (χ0n) is 12.0. The Hall–Kier alpha value is -3.34. The highest BCUT2D eigenvalue weighted by molar-refractivity contribution is 5.48. The Morgan fingerprint density at radius 1 is 0.522 bits per heavy atom. The molecular weight excluding hydrogens is 296 g/mol. The van der Waals surface area contributed by atoms with E-state index in [2.05, 4.69) is 0 Å². The van der Waals surface area contributed by atoms with Gasteiger partial charge in [0.1, 0.15) is 28.7 Å². The lowest BCUT2D eigenvalue weighted by atomic mass is 10.3. The Morgan fingerprint density at radius 3 is 1.52 bits per heavy atom. The van der Waals surface area contributed by atoms with E-state index in [0.717, 1.165) is 0 Å². The number of ether oxygens (including phenoxy) is 2. The molecule has 5 nitrogen and oxygen atoms in total. The summed E-state index contributed by atoms with van der Waals surface area (Å²) in [7, 11) is 0. The van der Waals surface area contributed by atoms with Crippen molar-refractivity contribution in [1.29, 1.82) is 0 Å². The minimum atomic E-state index is -0.0747. The Bertz CT molecular complexity index is 795. The highest BCUT2D eigenvalue weighted by Gasteiger charge is 2.07. The fourth-order valence-corrected chi connectivity index (χ4v) is 1.94. The van der Waals surface area contributed by atoms with Crippen molar-refractivity contribution < 1.29 is 24.8 Å². The normalized spacial score (nSPS) is 10.3. The van der Waals surface area contributed by atoms with E-state index in [-0.39, 0.29) is 23.0 Å². The first kappa shape index (κ1) is 14.6. The van der Waals surface area contributed by atoms with E-state index in [1.165, 1.54) is 30.3 Å². The smallest absolute Gasteiger partial charge is 0.169 e. The average molecular weight is 310 g/mol. The third-order valence-corrected chi connectivity index (χ3v) is 3.07. The number of phenols is 3. The summed E-state index contributed by atoms with van der Waals surface area (Å²) in [4.78, 5) is 0. The van der Waals surface area contributed by atoms with Gasteiger partial charge in [0.2, 0.25) is 0 Å². The summed E-state index contributed by atoms with van der Waals surface area (Å²) < 4.78 is 11.1. The number of hydrogen-bond donors (Lipinski definition) is 3. The van der Waals surface area contributed by atoms with Gasteiger partial charge in [0.05, 0.1) is 0 Å². The van der Waals surface area contributed by atoms with Gasteiger partial charge in [-0.05, 0) is 60.7 Å².